The van der Waals surface area contributed by atoms with Gasteiger partial charge < -0.3 is 0 Å². The first-order chi connectivity index (χ1) is 6.45. The number of hydrogen-bond donors (Lipinski definition) is 0. The van der Waals surface area contributed by atoms with Gasteiger partial charge in [-0.15, -0.1) is 0 Å². The van der Waals surface area contributed by atoms with Gasteiger partial charge in [-0.1, -0.05) is 23.2 Å². The van der Waals surface area contributed by atoms with Gasteiger partial charge in [0, 0.05) is 0 Å². The van der Waals surface area contributed by atoms with E-state index in [0.29, 0.717) is 6.20 Å². The van der Waals surface area contributed by atoms with E-state index in [0.717, 1.165) is 0 Å². The third kappa shape index (κ3) is 1.73. The molecule has 9 heteroatoms. The average Bonchev–Trinajstić information content (AvgIpc) is 2.08. The molecule has 1 rings (SSSR count). The molecule has 0 N–H and O–H groups in total. The van der Waals surface area contributed by atoms with Gasteiger partial charge in [0.1, 0.15) is 6.20 Å². The number of rotatable bonds is 2. The monoisotopic (exact) mass is 237 g/mol. The molecule has 0 bridgehead atoms. The lowest BCUT2D eigenvalue weighted by Crippen LogP contribution is -1.98. The lowest BCUT2D eigenvalue weighted by Gasteiger charge is -1.97. The summed E-state index contributed by atoms with van der Waals surface area (Å²) in [5, 5.41) is 19.9. The minimum Gasteiger partial charge on any atom is -0.258 e. The van der Waals surface area contributed by atoms with Gasteiger partial charge in [-0.2, -0.15) is 0 Å². The van der Waals surface area contributed by atoms with Crippen LogP contribution in [0.3, 0.4) is 0 Å². The van der Waals surface area contributed by atoms with Crippen LogP contribution in [0.2, 0.25) is 10.2 Å². The summed E-state index contributed by atoms with van der Waals surface area (Å²) >= 11 is 10.8. The average molecular weight is 238 g/mol. The van der Waals surface area contributed by atoms with Crippen LogP contribution < -0.4 is 0 Å². The molecule has 1 aromatic heterocycles. The van der Waals surface area contributed by atoms with Gasteiger partial charge in [0.25, 0.3) is 0 Å². The van der Waals surface area contributed by atoms with Crippen molar-refractivity contribution in [1.82, 2.24) is 4.98 Å². The molecule has 0 saturated heterocycles. The number of pyridine rings is 1. The first-order valence-corrected chi connectivity index (χ1v) is 3.83. The van der Waals surface area contributed by atoms with Crippen molar-refractivity contribution < 1.29 is 9.85 Å². The molecule has 14 heavy (non-hydrogen) atoms. The Morgan fingerprint density at radius 3 is 2.21 bits per heavy atom. The predicted molar refractivity (Wildman–Crippen MR) is 47.6 cm³/mol. The topological polar surface area (TPSA) is 99.2 Å². The summed E-state index contributed by atoms with van der Waals surface area (Å²) in [5.41, 5.74) is -1.64. The van der Waals surface area contributed by atoms with Crippen LogP contribution in [0.1, 0.15) is 0 Å². The molecule has 0 aliphatic rings. The van der Waals surface area contributed by atoms with E-state index < -0.39 is 26.2 Å². The quantitative estimate of drug-likeness (QED) is 0.446. The lowest BCUT2D eigenvalue weighted by atomic mass is 10.3. The first-order valence-electron chi connectivity index (χ1n) is 3.08. The molecular weight excluding hydrogens is 237 g/mol. The number of nitro groups is 2. The molecule has 1 aromatic rings. The van der Waals surface area contributed by atoms with E-state index in [1.807, 2.05) is 0 Å². The predicted octanol–water partition coefficient (Wildman–Crippen LogP) is 2.20. The zero-order valence-electron chi connectivity index (χ0n) is 6.31. The maximum atomic E-state index is 10.4. The molecular formula is C5HCl2N3O4. The molecule has 74 valence electrons. The van der Waals surface area contributed by atoms with Gasteiger partial charge in [0.05, 0.1) is 9.85 Å². The molecule has 0 radical (unpaired) electrons. The van der Waals surface area contributed by atoms with Gasteiger partial charge in [0.2, 0.25) is 0 Å². The highest BCUT2D eigenvalue weighted by Gasteiger charge is 2.30. The van der Waals surface area contributed by atoms with Crippen LogP contribution >= 0.6 is 23.2 Å². The van der Waals surface area contributed by atoms with Crippen LogP contribution in [0.25, 0.3) is 0 Å². The van der Waals surface area contributed by atoms with Crippen LogP contribution in [0.5, 0.6) is 0 Å². The minimum atomic E-state index is -0.978. The fourth-order valence-corrected chi connectivity index (χ4v) is 1.11. The van der Waals surface area contributed by atoms with Crippen molar-refractivity contribution in [2.24, 2.45) is 0 Å². The summed E-state index contributed by atoms with van der Waals surface area (Å²) in [7, 11) is 0. The summed E-state index contributed by atoms with van der Waals surface area (Å²) in [5.74, 6) is 0. The van der Waals surface area contributed by atoms with Gasteiger partial charge in [-0.05, 0) is 0 Å². The van der Waals surface area contributed by atoms with Crippen molar-refractivity contribution in [2.75, 3.05) is 0 Å². The van der Waals surface area contributed by atoms with Crippen molar-refractivity contribution in [2.45, 2.75) is 0 Å². The van der Waals surface area contributed by atoms with Crippen LogP contribution in [0.15, 0.2) is 6.20 Å². The van der Waals surface area contributed by atoms with E-state index >= 15 is 0 Å². The van der Waals surface area contributed by atoms with Gasteiger partial charge >= 0.3 is 11.4 Å². The molecule has 0 atom stereocenters. The Bertz CT molecular complexity index is 422. The maximum absolute atomic E-state index is 10.4. The molecule has 0 amide bonds. The Balaban J connectivity index is 3.53. The molecule has 0 saturated carbocycles. The van der Waals surface area contributed by atoms with E-state index in [-0.39, 0.29) is 5.15 Å². The SMILES string of the molecule is O=[N+]([O-])c1cnc(Cl)c(Cl)c1[N+](=O)[O-]. The number of halogens is 2. The van der Waals surface area contributed by atoms with E-state index in [9.17, 15) is 20.2 Å². The Kier molecular flexibility index (Phi) is 2.82. The Labute approximate surface area is 86.6 Å². The molecule has 0 aliphatic carbocycles. The second-order valence-corrected chi connectivity index (χ2v) is 2.85. The van der Waals surface area contributed by atoms with Crippen molar-refractivity contribution in [1.29, 1.82) is 0 Å². The van der Waals surface area contributed by atoms with Crippen LogP contribution in [0, 0.1) is 20.2 Å². The summed E-state index contributed by atoms with van der Waals surface area (Å²) < 4.78 is 0. The van der Waals surface area contributed by atoms with E-state index in [1.165, 1.54) is 0 Å². The summed E-state index contributed by atoms with van der Waals surface area (Å²) in [6, 6.07) is 0. The molecule has 0 aromatic carbocycles. The van der Waals surface area contributed by atoms with Crippen LogP contribution in [-0.2, 0) is 0 Å². The lowest BCUT2D eigenvalue weighted by molar-refractivity contribution is -0.422. The first kappa shape index (κ1) is 10.6. The molecule has 0 spiro atoms. The molecule has 0 aliphatic heterocycles. The summed E-state index contributed by atoms with van der Waals surface area (Å²) in [6.45, 7) is 0. The van der Waals surface area contributed by atoms with Crippen molar-refractivity contribution in [3.05, 3.63) is 36.6 Å². The Morgan fingerprint density at radius 2 is 1.79 bits per heavy atom. The minimum absolute atomic E-state index is 0.344. The van der Waals surface area contributed by atoms with Crippen LogP contribution in [-0.4, -0.2) is 14.8 Å². The molecule has 1 heterocycles. The van der Waals surface area contributed by atoms with E-state index in [2.05, 4.69) is 4.98 Å². The normalized spacial score (nSPS) is 9.86. The maximum Gasteiger partial charge on any atom is 0.369 e. The summed E-state index contributed by atoms with van der Waals surface area (Å²) in [4.78, 5) is 22.2. The number of nitrogens with zero attached hydrogens (tertiary/aromatic N) is 3. The standard InChI is InChI=1S/C5HCl2N3O4/c6-3-4(10(13)14)2(9(11)12)1-8-5(3)7/h1H. The Hall–Kier alpha value is -1.47. The van der Waals surface area contributed by atoms with Crippen molar-refractivity contribution in [3.63, 3.8) is 0 Å². The molecule has 0 unspecified atom stereocenters. The second-order valence-electron chi connectivity index (χ2n) is 2.11. The van der Waals surface area contributed by atoms with Gasteiger partial charge in [0.15, 0.2) is 10.2 Å². The van der Waals surface area contributed by atoms with Gasteiger partial charge in [-0.25, -0.2) is 4.98 Å². The summed E-state index contributed by atoms with van der Waals surface area (Å²) in [6.07, 6.45) is 0.687. The fourth-order valence-electron chi connectivity index (χ4n) is 0.753. The highest BCUT2D eigenvalue weighted by atomic mass is 35.5. The molecule has 7 nitrogen and oxygen atoms in total. The fraction of sp³-hybridized carbons (Fsp3) is 0. The van der Waals surface area contributed by atoms with E-state index in [1.54, 1.807) is 0 Å². The van der Waals surface area contributed by atoms with Crippen molar-refractivity contribution in [3.8, 4) is 0 Å². The van der Waals surface area contributed by atoms with Crippen LogP contribution in [0.4, 0.5) is 11.4 Å². The number of hydrogen-bond acceptors (Lipinski definition) is 5. The third-order valence-corrected chi connectivity index (χ3v) is 2.05. The van der Waals surface area contributed by atoms with E-state index in [4.69, 9.17) is 23.2 Å². The number of aromatic nitrogens is 1. The zero-order chi connectivity index (χ0) is 10.9. The van der Waals surface area contributed by atoms with Crippen molar-refractivity contribution >= 4 is 34.6 Å². The second kappa shape index (κ2) is 3.72. The largest absolute Gasteiger partial charge is 0.369 e. The highest BCUT2D eigenvalue weighted by Crippen LogP contribution is 2.37. The Morgan fingerprint density at radius 1 is 1.21 bits per heavy atom. The third-order valence-electron chi connectivity index (χ3n) is 1.31. The smallest absolute Gasteiger partial charge is 0.258 e. The zero-order valence-corrected chi connectivity index (χ0v) is 7.82. The molecule has 0 fully saturated rings. The highest BCUT2D eigenvalue weighted by molar-refractivity contribution is 6.42. The van der Waals surface area contributed by atoms with Gasteiger partial charge in [-0.3, -0.25) is 20.2 Å².